The highest BCUT2D eigenvalue weighted by Crippen LogP contribution is 2.33. The van der Waals surface area contributed by atoms with Crippen molar-refractivity contribution in [3.8, 4) is 11.8 Å². The van der Waals surface area contributed by atoms with Gasteiger partial charge in [0.1, 0.15) is 17.6 Å². The Morgan fingerprint density at radius 1 is 1.18 bits per heavy atom. The van der Waals surface area contributed by atoms with E-state index in [4.69, 9.17) is 0 Å². The van der Waals surface area contributed by atoms with E-state index in [0.717, 1.165) is 0 Å². The number of sulfonamides is 1. The second-order valence-electron chi connectivity index (χ2n) is 8.05. The first kappa shape index (κ1) is 26.8. The molecule has 1 amide bonds. The first-order valence-electron chi connectivity index (χ1n) is 9.57. The lowest BCUT2D eigenvalue weighted by Crippen LogP contribution is -2.45. The van der Waals surface area contributed by atoms with Crippen molar-refractivity contribution in [2.45, 2.75) is 33.4 Å². The molecule has 0 saturated carbocycles. The van der Waals surface area contributed by atoms with Crippen LogP contribution in [0.2, 0.25) is 0 Å². The number of hydrogen-bond donors (Lipinski definition) is 0. The van der Waals surface area contributed by atoms with Gasteiger partial charge in [0.15, 0.2) is 0 Å². The van der Waals surface area contributed by atoms with Gasteiger partial charge in [0.05, 0.1) is 23.2 Å². The second kappa shape index (κ2) is 8.71. The van der Waals surface area contributed by atoms with Crippen LogP contribution in [-0.2, 0) is 28.0 Å². The third kappa shape index (κ3) is 4.74. The zero-order valence-corrected chi connectivity index (χ0v) is 19.5. The normalized spacial score (nSPS) is 12.4. The van der Waals surface area contributed by atoms with Crippen LogP contribution in [0.15, 0.2) is 27.8 Å². The van der Waals surface area contributed by atoms with Crippen LogP contribution in [0.4, 0.5) is 23.2 Å². The van der Waals surface area contributed by atoms with Gasteiger partial charge in [0.2, 0.25) is 15.9 Å². The Hall–Kier alpha value is -3.47. The molecule has 1 heterocycles. The Morgan fingerprint density at radius 2 is 1.74 bits per heavy atom. The highest BCUT2D eigenvalue weighted by atomic mass is 32.2. The summed E-state index contributed by atoms with van der Waals surface area (Å²) in [5, 5.41) is 9.43. The van der Waals surface area contributed by atoms with Gasteiger partial charge in [0.25, 0.3) is 5.56 Å². The summed E-state index contributed by atoms with van der Waals surface area (Å²) in [5.74, 6) is -2.37. The van der Waals surface area contributed by atoms with Crippen LogP contribution < -0.4 is 15.6 Å². The number of hydrogen-bond acceptors (Lipinski definition) is 6. The summed E-state index contributed by atoms with van der Waals surface area (Å²) in [6.07, 6.45) is -4.23. The minimum atomic E-state index is -5.06. The number of amides is 1. The lowest BCUT2D eigenvalue weighted by Gasteiger charge is -2.30. The number of carbonyl (C=O) groups is 1. The van der Waals surface area contributed by atoms with Crippen LogP contribution in [0.1, 0.15) is 38.4 Å². The summed E-state index contributed by atoms with van der Waals surface area (Å²) >= 11 is 0. The van der Waals surface area contributed by atoms with Crippen LogP contribution in [0.25, 0.3) is 5.69 Å². The zero-order chi connectivity index (χ0) is 26.4. The second-order valence-corrected chi connectivity index (χ2v) is 9.88. The van der Waals surface area contributed by atoms with Gasteiger partial charge in [-0.1, -0.05) is 20.8 Å². The van der Waals surface area contributed by atoms with E-state index in [2.05, 4.69) is 0 Å². The molecule has 34 heavy (non-hydrogen) atoms. The zero-order valence-electron chi connectivity index (χ0n) is 18.7. The topological polar surface area (TPSA) is 122 Å². The van der Waals surface area contributed by atoms with E-state index in [1.165, 1.54) is 13.8 Å². The molecule has 0 aliphatic heterocycles. The van der Waals surface area contributed by atoms with E-state index in [9.17, 15) is 45.6 Å². The fraction of sp³-hybridized carbons (Fsp3) is 0.400. The summed E-state index contributed by atoms with van der Waals surface area (Å²) in [5.41, 5.74) is -8.22. The highest BCUT2D eigenvalue weighted by Gasteiger charge is 2.39. The third-order valence-corrected chi connectivity index (χ3v) is 6.26. The molecule has 0 radical (unpaired) electrons. The first-order valence-corrected chi connectivity index (χ1v) is 11.4. The number of anilines is 1. The van der Waals surface area contributed by atoms with Gasteiger partial charge < -0.3 is 0 Å². The maximum atomic E-state index is 14.9. The van der Waals surface area contributed by atoms with Crippen molar-refractivity contribution in [3.05, 3.63) is 56.1 Å². The lowest BCUT2D eigenvalue weighted by molar-refractivity contribution is -0.144. The van der Waals surface area contributed by atoms with Gasteiger partial charge in [-0.2, -0.15) is 18.4 Å². The van der Waals surface area contributed by atoms with Gasteiger partial charge in [-0.05, 0) is 18.6 Å². The quantitative estimate of drug-likeness (QED) is 0.576. The van der Waals surface area contributed by atoms with Crippen molar-refractivity contribution in [2.75, 3.05) is 10.6 Å². The highest BCUT2D eigenvalue weighted by molar-refractivity contribution is 7.92. The minimum absolute atomic E-state index is 0.0468. The number of nitrogens with zero attached hydrogens (tertiary/aromatic N) is 4. The van der Waals surface area contributed by atoms with Crippen LogP contribution in [-0.4, -0.2) is 29.7 Å². The summed E-state index contributed by atoms with van der Waals surface area (Å²) in [4.78, 5) is 38.1. The molecule has 0 unspecified atom stereocenters. The standard InChI is InChI=1S/C20H20F4N4O5S/c1-6-19(2,3)17(30)28(34(5,32)33)13-8-14(12(21)7-11(13)10-25)27-16(29)9-15(20(22,23)24)26(4)18(27)31/h7-9H,6H2,1-5H3. The third-order valence-electron chi connectivity index (χ3n) is 5.23. The van der Waals surface area contributed by atoms with E-state index in [-0.39, 0.29) is 25.9 Å². The fourth-order valence-corrected chi connectivity index (χ4v) is 4.02. The van der Waals surface area contributed by atoms with Gasteiger partial charge in [-0.15, -0.1) is 0 Å². The summed E-state index contributed by atoms with van der Waals surface area (Å²) in [7, 11) is -3.71. The number of alkyl halides is 3. The lowest BCUT2D eigenvalue weighted by atomic mass is 9.89. The monoisotopic (exact) mass is 504 g/mol. The molecule has 0 saturated heterocycles. The number of aromatic nitrogens is 2. The predicted molar refractivity (Wildman–Crippen MR) is 113 cm³/mol. The van der Waals surface area contributed by atoms with E-state index in [1.54, 1.807) is 13.0 Å². The molecule has 9 nitrogen and oxygen atoms in total. The SMILES string of the molecule is CCC(C)(C)C(=O)N(c1cc(-n2c(=O)cc(C(F)(F)F)n(C)c2=O)c(F)cc1C#N)S(C)(=O)=O. The molecule has 184 valence electrons. The van der Waals surface area contributed by atoms with Crippen LogP contribution in [0.3, 0.4) is 0 Å². The largest absolute Gasteiger partial charge is 0.431 e. The molecule has 2 aromatic rings. The summed E-state index contributed by atoms with van der Waals surface area (Å²) in [6.45, 7) is 4.46. The molecule has 0 aliphatic carbocycles. The molecule has 1 aromatic heterocycles. The van der Waals surface area contributed by atoms with Crippen LogP contribution in [0, 0.1) is 22.6 Å². The molecule has 1 aromatic carbocycles. The molecular formula is C20H20F4N4O5S. The molecule has 0 fully saturated rings. The van der Waals surface area contributed by atoms with Crippen LogP contribution >= 0.6 is 0 Å². The summed E-state index contributed by atoms with van der Waals surface area (Å²) < 4.78 is 79.6. The molecule has 0 N–H and O–H groups in total. The number of nitriles is 1. The van der Waals surface area contributed by atoms with Crippen molar-refractivity contribution >= 4 is 21.6 Å². The molecule has 0 spiro atoms. The van der Waals surface area contributed by atoms with E-state index in [0.29, 0.717) is 25.4 Å². The average molecular weight is 504 g/mol. The van der Waals surface area contributed by atoms with Gasteiger partial charge in [-0.25, -0.2) is 26.5 Å². The number of halogens is 4. The van der Waals surface area contributed by atoms with Gasteiger partial charge >= 0.3 is 11.9 Å². The van der Waals surface area contributed by atoms with Crippen molar-refractivity contribution in [1.82, 2.24) is 9.13 Å². The van der Waals surface area contributed by atoms with Crippen molar-refractivity contribution in [2.24, 2.45) is 12.5 Å². The Morgan fingerprint density at radius 3 is 2.18 bits per heavy atom. The molecule has 0 aliphatic rings. The molecule has 14 heteroatoms. The first-order chi connectivity index (χ1) is 15.4. The van der Waals surface area contributed by atoms with Crippen LogP contribution in [0.5, 0.6) is 0 Å². The minimum Gasteiger partial charge on any atom is -0.292 e. The molecule has 2 rings (SSSR count). The van der Waals surface area contributed by atoms with Gasteiger partial charge in [-0.3, -0.25) is 14.2 Å². The Kier molecular flexibility index (Phi) is 6.86. The van der Waals surface area contributed by atoms with E-state index < -0.39 is 67.2 Å². The smallest absolute Gasteiger partial charge is 0.292 e. The molecule has 0 bridgehead atoms. The maximum absolute atomic E-state index is 14.9. The maximum Gasteiger partial charge on any atom is 0.431 e. The summed E-state index contributed by atoms with van der Waals surface area (Å²) in [6, 6.07) is 2.69. The van der Waals surface area contributed by atoms with Crippen molar-refractivity contribution in [1.29, 1.82) is 5.26 Å². The number of rotatable bonds is 5. The molecule has 0 atom stereocenters. The Balaban J connectivity index is 3.00. The predicted octanol–water partition coefficient (Wildman–Crippen LogP) is 2.29. The Bertz CT molecular complexity index is 1430. The fourth-order valence-electron chi connectivity index (χ4n) is 2.96. The van der Waals surface area contributed by atoms with Crippen molar-refractivity contribution in [3.63, 3.8) is 0 Å². The van der Waals surface area contributed by atoms with E-state index in [1.807, 2.05) is 0 Å². The Labute approximate surface area is 191 Å². The molecular weight excluding hydrogens is 484 g/mol. The van der Waals surface area contributed by atoms with Crippen molar-refractivity contribution < 1.29 is 30.8 Å². The van der Waals surface area contributed by atoms with E-state index >= 15 is 0 Å². The average Bonchev–Trinajstić information content (AvgIpc) is 2.70. The number of benzene rings is 1. The number of carbonyl (C=O) groups excluding carboxylic acids is 1. The van der Waals surface area contributed by atoms with Gasteiger partial charge in [0, 0.05) is 18.5 Å².